The first-order valence-corrected chi connectivity index (χ1v) is 4.77. The molecule has 0 saturated carbocycles. The Morgan fingerprint density at radius 2 is 1.92 bits per heavy atom. The van der Waals surface area contributed by atoms with Crippen LogP contribution < -0.4 is 0 Å². The summed E-state index contributed by atoms with van der Waals surface area (Å²) in [5.41, 5.74) is 1.38. The lowest BCUT2D eigenvalue weighted by Crippen LogP contribution is -2.08. The molecule has 0 saturated heterocycles. The van der Waals surface area contributed by atoms with Gasteiger partial charge in [0.05, 0.1) is 0 Å². The summed E-state index contributed by atoms with van der Waals surface area (Å²) >= 11 is 0. The summed E-state index contributed by atoms with van der Waals surface area (Å²) in [6.45, 7) is 8.01. The standard InChI is InChI=1S/C11H20O/c1-5-9(3)7-8-11(6-2)10(4)12/h7,11H,5-6,8H2,1-4H3/b9-7+. The first kappa shape index (κ1) is 11.4. The average Bonchev–Trinajstić information content (AvgIpc) is 2.04. The fourth-order valence-corrected chi connectivity index (χ4v) is 1.11. The maximum Gasteiger partial charge on any atom is 0.133 e. The highest BCUT2D eigenvalue weighted by atomic mass is 16.1. The van der Waals surface area contributed by atoms with Gasteiger partial charge in [0.25, 0.3) is 0 Å². The molecule has 0 rings (SSSR count). The molecular weight excluding hydrogens is 148 g/mol. The molecule has 0 heterocycles. The minimum atomic E-state index is 0.242. The molecule has 0 N–H and O–H groups in total. The Morgan fingerprint density at radius 3 is 2.25 bits per heavy atom. The fourth-order valence-electron chi connectivity index (χ4n) is 1.11. The quantitative estimate of drug-likeness (QED) is 0.575. The number of carbonyl (C=O) groups is 1. The van der Waals surface area contributed by atoms with Crippen molar-refractivity contribution in [3.8, 4) is 0 Å². The number of hydrogen-bond donors (Lipinski definition) is 0. The molecule has 0 aromatic heterocycles. The molecule has 1 heteroatoms. The highest BCUT2D eigenvalue weighted by Crippen LogP contribution is 2.12. The molecule has 0 aromatic carbocycles. The van der Waals surface area contributed by atoms with Crippen LogP contribution in [-0.2, 0) is 4.79 Å². The summed E-state index contributed by atoms with van der Waals surface area (Å²) in [7, 11) is 0. The van der Waals surface area contributed by atoms with Gasteiger partial charge in [-0.2, -0.15) is 0 Å². The number of hydrogen-bond acceptors (Lipinski definition) is 1. The SMILES string of the molecule is CC/C(C)=C/CC(CC)C(C)=O. The Balaban J connectivity index is 3.96. The molecule has 0 aliphatic rings. The lowest BCUT2D eigenvalue weighted by atomic mass is 9.97. The van der Waals surface area contributed by atoms with Gasteiger partial charge in [-0.05, 0) is 33.1 Å². The van der Waals surface area contributed by atoms with Gasteiger partial charge in [-0.25, -0.2) is 0 Å². The molecule has 0 aromatic rings. The van der Waals surface area contributed by atoms with E-state index in [1.807, 2.05) is 0 Å². The van der Waals surface area contributed by atoms with Crippen LogP contribution in [0.4, 0.5) is 0 Å². The van der Waals surface area contributed by atoms with Crippen molar-refractivity contribution < 1.29 is 4.79 Å². The van der Waals surface area contributed by atoms with Gasteiger partial charge in [0.1, 0.15) is 5.78 Å². The zero-order valence-corrected chi connectivity index (χ0v) is 8.68. The molecule has 0 bridgehead atoms. The van der Waals surface area contributed by atoms with Crippen molar-refractivity contribution in [1.82, 2.24) is 0 Å². The van der Waals surface area contributed by atoms with Crippen LogP contribution in [0.25, 0.3) is 0 Å². The Hall–Kier alpha value is -0.590. The van der Waals surface area contributed by atoms with E-state index in [0.717, 1.165) is 19.3 Å². The van der Waals surface area contributed by atoms with Gasteiger partial charge in [0, 0.05) is 5.92 Å². The van der Waals surface area contributed by atoms with Crippen molar-refractivity contribution in [3.05, 3.63) is 11.6 Å². The second-order valence-electron chi connectivity index (χ2n) is 3.36. The number of Topliss-reactive ketones (excluding diaryl/α,β-unsaturated/α-hetero) is 1. The van der Waals surface area contributed by atoms with Crippen LogP contribution in [0.15, 0.2) is 11.6 Å². The lowest BCUT2D eigenvalue weighted by molar-refractivity contribution is -0.120. The zero-order valence-electron chi connectivity index (χ0n) is 8.68. The fraction of sp³-hybridized carbons (Fsp3) is 0.727. The Morgan fingerprint density at radius 1 is 1.33 bits per heavy atom. The van der Waals surface area contributed by atoms with Crippen LogP contribution in [0.3, 0.4) is 0 Å². The molecule has 1 atom stereocenters. The zero-order chi connectivity index (χ0) is 9.56. The van der Waals surface area contributed by atoms with Crippen LogP contribution in [0, 0.1) is 5.92 Å². The molecule has 0 aliphatic heterocycles. The number of rotatable bonds is 5. The van der Waals surface area contributed by atoms with E-state index in [2.05, 4.69) is 26.8 Å². The van der Waals surface area contributed by atoms with E-state index in [1.165, 1.54) is 5.57 Å². The van der Waals surface area contributed by atoms with Gasteiger partial charge in [0.15, 0.2) is 0 Å². The van der Waals surface area contributed by atoms with Crippen LogP contribution >= 0.6 is 0 Å². The molecule has 70 valence electrons. The van der Waals surface area contributed by atoms with Crippen molar-refractivity contribution in [2.24, 2.45) is 5.92 Å². The second-order valence-corrected chi connectivity index (χ2v) is 3.36. The minimum absolute atomic E-state index is 0.242. The van der Waals surface area contributed by atoms with Gasteiger partial charge in [-0.15, -0.1) is 0 Å². The summed E-state index contributed by atoms with van der Waals surface area (Å²) in [4.78, 5) is 11.0. The Bertz CT molecular complexity index is 168. The van der Waals surface area contributed by atoms with Gasteiger partial charge in [0.2, 0.25) is 0 Å². The number of ketones is 1. The molecule has 0 spiro atoms. The van der Waals surface area contributed by atoms with E-state index in [-0.39, 0.29) is 5.92 Å². The third-order valence-corrected chi connectivity index (χ3v) is 2.38. The predicted molar refractivity (Wildman–Crippen MR) is 53.1 cm³/mol. The number of allylic oxidation sites excluding steroid dienone is 2. The second kappa shape index (κ2) is 5.99. The normalized spacial score (nSPS) is 14.5. The first-order chi connectivity index (χ1) is 5.61. The molecule has 0 aliphatic carbocycles. The topological polar surface area (TPSA) is 17.1 Å². The van der Waals surface area contributed by atoms with E-state index in [1.54, 1.807) is 6.92 Å². The summed E-state index contributed by atoms with van der Waals surface area (Å²) in [6, 6.07) is 0. The predicted octanol–water partition coefficient (Wildman–Crippen LogP) is 3.35. The monoisotopic (exact) mass is 168 g/mol. The smallest absolute Gasteiger partial charge is 0.133 e. The van der Waals surface area contributed by atoms with E-state index < -0.39 is 0 Å². The highest BCUT2D eigenvalue weighted by Gasteiger charge is 2.08. The third kappa shape index (κ3) is 4.32. The highest BCUT2D eigenvalue weighted by molar-refractivity contribution is 5.78. The van der Waals surface area contributed by atoms with Crippen molar-refractivity contribution in [1.29, 1.82) is 0 Å². The lowest BCUT2D eigenvalue weighted by Gasteiger charge is -2.07. The van der Waals surface area contributed by atoms with Crippen molar-refractivity contribution in [2.75, 3.05) is 0 Å². The summed E-state index contributed by atoms with van der Waals surface area (Å²) in [5.74, 6) is 0.559. The number of carbonyl (C=O) groups excluding carboxylic acids is 1. The molecular formula is C11H20O. The van der Waals surface area contributed by atoms with E-state index in [4.69, 9.17) is 0 Å². The van der Waals surface area contributed by atoms with Crippen LogP contribution in [-0.4, -0.2) is 5.78 Å². The van der Waals surface area contributed by atoms with Crippen molar-refractivity contribution in [3.63, 3.8) is 0 Å². The van der Waals surface area contributed by atoms with E-state index in [9.17, 15) is 4.79 Å². The van der Waals surface area contributed by atoms with Gasteiger partial charge >= 0.3 is 0 Å². The first-order valence-electron chi connectivity index (χ1n) is 4.77. The Kier molecular flexibility index (Phi) is 5.69. The molecule has 0 amide bonds. The largest absolute Gasteiger partial charge is 0.300 e. The molecule has 12 heavy (non-hydrogen) atoms. The van der Waals surface area contributed by atoms with Crippen molar-refractivity contribution in [2.45, 2.75) is 47.0 Å². The Labute approximate surface area is 75.9 Å². The molecule has 1 unspecified atom stereocenters. The van der Waals surface area contributed by atoms with E-state index in [0.29, 0.717) is 5.78 Å². The minimum Gasteiger partial charge on any atom is -0.300 e. The van der Waals surface area contributed by atoms with Crippen LogP contribution in [0.2, 0.25) is 0 Å². The molecule has 0 radical (unpaired) electrons. The van der Waals surface area contributed by atoms with Gasteiger partial charge in [-0.1, -0.05) is 25.5 Å². The van der Waals surface area contributed by atoms with Gasteiger partial charge in [-0.3, -0.25) is 4.79 Å². The van der Waals surface area contributed by atoms with Crippen molar-refractivity contribution >= 4 is 5.78 Å². The maximum atomic E-state index is 11.0. The summed E-state index contributed by atoms with van der Waals surface area (Å²) < 4.78 is 0. The summed E-state index contributed by atoms with van der Waals surface area (Å²) in [6.07, 6.45) is 5.16. The summed E-state index contributed by atoms with van der Waals surface area (Å²) in [5, 5.41) is 0. The molecule has 0 fully saturated rings. The van der Waals surface area contributed by atoms with Gasteiger partial charge < -0.3 is 0 Å². The third-order valence-electron chi connectivity index (χ3n) is 2.38. The van der Waals surface area contributed by atoms with Crippen LogP contribution in [0.1, 0.15) is 47.0 Å². The van der Waals surface area contributed by atoms with Crippen LogP contribution in [0.5, 0.6) is 0 Å². The average molecular weight is 168 g/mol. The molecule has 1 nitrogen and oxygen atoms in total. The van der Waals surface area contributed by atoms with E-state index >= 15 is 0 Å². The maximum absolute atomic E-state index is 11.0.